The van der Waals surface area contributed by atoms with E-state index in [1.165, 1.54) is 16.7 Å². The van der Waals surface area contributed by atoms with Crippen LogP contribution in [-0.2, 0) is 19.3 Å². The van der Waals surface area contributed by atoms with Crippen LogP contribution < -0.4 is 0 Å². The Morgan fingerprint density at radius 1 is 1.00 bits per heavy atom. The van der Waals surface area contributed by atoms with Gasteiger partial charge in [0.15, 0.2) is 0 Å². The fraction of sp³-hybridized carbons (Fsp3) is 0.625. The molecule has 0 bridgehead atoms. The van der Waals surface area contributed by atoms with E-state index in [4.69, 9.17) is 0 Å². The first kappa shape index (κ1) is 17.5. The van der Waals surface area contributed by atoms with Gasteiger partial charge in [-0.05, 0) is 47.9 Å². The van der Waals surface area contributed by atoms with Crippen molar-refractivity contribution in [3.63, 3.8) is 0 Å². The Balaban J connectivity index is 3.08. The molecule has 0 amide bonds. The summed E-state index contributed by atoms with van der Waals surface area (Å²) in [4.78, 5) is -0.222. The number of aryl methyl sites for hydroxylation is 3. The standard InChI is InChI=1S/C16H22BrF3/c1-4-11-9-12(5-2)15(13(6-3)10-11)14(17)7-8-16(18,19)20/h9-10,14H,4-8H2,1-3H3. The van der Waals surface area contributed by atoms with Crippen LogP contribution in [0.3, 0.4) is 0 Å². The van der Waals surface area contributed by atoms with Crippen molar-refractivity contribution in [2.75, 3.05) is 0 Å². The summed E-state index contributed by atoms with van der Waals surface area (Å²) >= 11 is 3.47. The minimum atomic E-state index is -4.09. The van der Waals surface area contributed by atoms with Gasteiger partial charge in [0.05, 0.1) is 0 Å². The summed E-state index contributed by atoms with van der Waals surface area (Å²) in [6, 6.07) is 4.27. The van der Waals surface area contributed by atoms with Crippen molar-refractivity contribution in [1.29, 1.82) is 0 Å². The molecule has 0 aliphatic carbocycles. The molecule has 1 aromatic carbocycles. The normalized spacial score (nSPS) is 13.6. The summed E-state index contributed by atoms with van der Waals surface area (Å²) in [5.74, 6) is 0. The number of halogens is 4. The van der Waals surface area contributed by atoms with Crippen LogP contribution in [0, 0.1) is 0 Å². The van der Waals surface area contributed by atoms with Crippen LogP contribution >= 0.6 is 15.9 Å². The van der Waals surface area contributed by atoms with Gasteiger partial charge < -0.3 is 0 Å². The smallest absolute Gasteiger partial charge is 0.171 e. The summed E-state index contributed by atoms with van der Waals surface area (Å²) in [5.41, 5.74) is 4.67. The second-order valence-corrected chi connectivity index (χ2v) is 6.12. The van der Waals surface area contributed by atoms with E-state index in [-0.39, 0.29) is 11.2 Å². The van der Waals surface area contributed by atoms with Crippen LogP contribution in [0.4, 0.5) is 13.2 Å². The molecular formula is C16H22BrF3. The van der Waals surface area contributed by atoms with Crippen LogP contribution in [0.5, 0.6) is 0 Å². The second kappa shape index (κ2) is 7.48. The fourth-order valence-corrected chi connectivity index (χ4v) is 3.29. The van der Waals surface area contributed by atoms with E-state index in [1.807, 2.05) is 0 Å². The van der Waals surface area contributed by atoms with Gasteiger partial charge in [0.2, 0.25) is 0 Å². The number of alkyl halides is 4. The summed E-state index contributed by atoms with van der Waals surface area (Å²) in [6.07, 6.45) is -2.09. The van der Waals surface area contributed by atoms with Gasteiger partial charge >= 0.3 is 6.18 Å². The Hall–Kier alpha value is -0.510. The summed E-state index contributed by atoms with van der Waals surface area (Å²) in [6.45, 7) is 6.21. The maximum absolute atomic E-state index is 12.4. The zero-order chi connectivity index (χ0) is 15.3. The predicted molar refractivity (Wildman–Crippen MR) is 81.5 cm³/mol. The topological polar surface area (TPSA) is 0 Å². The molecule has 114 valence electrons. The molecule has 0 heterocycles. The van der Waals surface area contributed by atoms with Gasteiger partial charge in [-0.25, -0.2) is 0 Å². The number of rotatable bonds is 6. The highest BCUT2D eigenvalue weighted by atomic mass is 79.9. The number of hydrogen-bond acceptors (Lipinski definition) is 0. The predicted octanol–water partition coefficient (Wildman–Crippen LogP) is 6.15. The van der Waals surface area contributed by atoms with Gasteiger partial charge in [-0.15, -0.1) is 0 Å². The van der Waals surface area contributed by atoms with Gasteiger partial charge in [0.25, 0.3) is 0 Å². The van der Waals surface area contributed by atoms with E-state index in [2.05, 4.69) is 48.8 Å². The molecule has 0 aliphatic rings. The summed E-state index contributed by atoms with van der Waals surface area (Å²) in [5, 5.41) is 0. The van der Waals surface area contributed by atoms with E-state index in [0.717, 1.165) is 24.8 Å². The molecule has 4 heteroatoms. The third kappa shape index (κ3) is 4.80. The molecule has 1 unspecified atom stereocenters. The number of benzene rings is 1. The molecule has 0 aromatic heterocycles. The first-order valence-corrected chi connectivity index (χ1v) is 8.09. The van der Waals surface area contributed by atoms with Crippen molar-refractivity contribution in [3.8, 4) is 0 Å². The molecule has 0 spiro atoms. The quantitative estimate of drug-likeness (QED) is 0.539. The van der Waals surface area contributed by atoms with Crippen LogP contribution in [0.2, 0.25) is 0 Å². The maximum Gasteiger partial charge on any atom is 0.389 e. The largest absolute Gasteiger partial charge is 0.389 e. The maximum atomic E-state index is 12.4. The molecule has 1 aromatic rings. The van der Waals surface area contributed by atoms with Crippen molar-refractivity contribution in [1.82, 2.24) is 0 Å². The average molecular weight is 351 g/mol. The van der Waals surface area contributed by atoms with Crippen molar-refractivity contribution in [3.05, 3.63) is 34.4 Å². The Morgan fingerprint density at radius 2 is 1.50 bits per heavy atom. The molecule has 0 saturated heterocycles. The summed E-state index contributed by atoms with van der Waals surface area (Å²) < 4.78 is 37.2. The number of hydrogen-bond donors (Lipinski definition) is 0. The zero-order valence-corrected chi connectivity index (χ0v) is 13.9. The van der Waals surface area contributed by atoms with Crippen molar-refractivity contribution in [2.24, 2.45) is 0 Å². The molecule has 1 atom stereocenters. The summed E-state index contributed by atoms with van der Waals surface area (Å²) in [7, 11) is 0. The highest BCUT2D eigenvalue weighted by Gasteiger charge is 2.29. The molecule has 1 rings (SSSR count). The highest BCUT2D eigenvalue weighted by Crippen LogP contribution is 2.37. The Morgan fingerprint density at radius 3 is 1.85 bits per heavy atom. The van der Waals surface area contributed by atoms with Crippen LogP contribution in [-0.4, -0.2) is 6.18 Å². The first-order valence-electron chi connectivity index (χ1n) is 7.17. The Labute approximate surface area is 127 Å². The molecule has 0 radical (unpaired) electrons. The van der Waals surface area contributed by atoms with Crippen molar-refractivity contribution in [2.45, 2.75) is 63.9 Å². The molecule has 0 saturated carbocycles. The SMILES string of the molecule is CCc1cc(CC)c(C(Br)CCC(F)(F)F)c(CC)c1. The molecule has 0 nitrogen and oxygen atoms in total. The highest BCUT2D eigenvalue weighted by molar-refractivity contribution is 9.09. The van der Waals surface area contributed by atoms with Crippen LogP contribution in [0.15, 0.2) is 12.1 Å². The lowest BCUT2D eigenvalue weighted by atomic mass is 9.90. The minimum Gasteiger partial charge on any atom is -0.171 e. The van der Waals surface area contributed by atoms with Crippen molar-refractivity contribution >= 4 is 15.9 Å². The molecule has 0 aliphatic heterocycles. The molecule has 20 heavy (non-hydrogen) atoms. The average Bonchev–Trinajstić information content (AvgIpc) is 2.42. The molecule has 0 fully saturated rings. The van der Waals surface area contributed by atoms with Gasteiger partial charge in [-0.3, -0.25) is 0 Å². The lowest BCUT2D eigenvalue weighted by Gasteiger charge is -2.20. The van der Waals surface area contributed by atoms with Crippen LogP contribution in [0.1, 0.15) is 60.7 Å². The zero-order valence-electron chi connectivity index (χ0n) is 12.3. The van der Waals surface area contributed by atoms with E-state index in [9.17, 15) is 13.2 Å². The van der Waals surface area contributed by atoms with Crippen molar-refractivity contribution < 1.29 is 13.2 Å². The van der Waals surface area contributed by atoms with Gasteiger partial charge in [0, 0.05) is 11.2 Å². The third-order valence-electron chi connectivity index (χ3n) is 3.58. The fourth-order valence-electron chi connectivity index (χ4n) is 2.48. The third-order valence-corrected chi connectivity index (χ3v) is 4.49. The Kier molecular flexibility index (Phi) is 6.56. The monoisotopic (exact) mass is 350 g/mol. The Bertz CT molecular complexity index is 413. The van der Waals surface area contributed by atoms with E-state index >= 15 is 0 Å². The lowest BCUT2D eigenvalue weighted by Crippen LogP contribution is -2.10. The molecular weight excluding hydrogens is 329 g/mol. The minimum absolute atomic E-state index is 0.0922. The van der Waals surface area contributed by atoms with E-state index in [1.54, 1.807) is 0 Å². The van der Waals surface area contributed by atoms with E-state index < -0.39 is 12.6 Å². The van der Waals surface area contributed by atoms with Gasteiger partial charge in [0.1, 0.15) is 0 Å². The second-order valence-electron chi connectivity index (χ2n) is 5.01. The van der Waals surface area contributed by atoms with Crippen LogP contribution in [0.25, 0.3) is 0 Å². The lowest BCUT2D eigenvalue weighted by molar-refractivity contribution is -0.135. The van der Waals surface area contributed by atoms with Gasteiger partial charge in [-0.2, -0.15) is 13.2 Å². The molecule has 0 N–H and O–H groups in total. The van der Waals surface area contributed by atoms with Gasteiger partial charge in [-0.1, -0.05) is 48.8 Å². The van der Waals surface area contributed by atoms with E-state index in [0.29, 0.717) is 0 Å². The first-order chi connectivity index (χ1) is 9.32.